The molecule has 4 heteroatoms. The molecule has 15 heavy (non-hydrogen) atoms. The summed E-state index contributed by atoms with van der Waals surface area (Å²) in [5.41, 5.74) is 1.06. The Labute approximate surface area is 90.0 Å². The predicted octanol–water partition coefficient (Wildman–Crippen LogP) is 0.994. The van der Waals surface area contributed by atoms with E-state index >= 15 is 0 Å². The summed E-state index contributed by atoms with van der Waals surface area (Å²) < 4.78 is 0. The fraction of sp³-hybridized carbons (Fsp3) is 0.636. The van der Waals surface area contributed by atoms with Crippen molar-refractivity contribution >= 4 is 5.95 Å². The average Bonchev–Trinajstić information content (AvgIpc) is 3.02. The van der Waals surface area contributed by atoms with Gasteiger partial charge in [-0.05, 0) is 31.2 Å². The Morgan fingerprint density at radius 1 is 1.40 bits per heavy atom. The molecule has 0 saturated heterocycles. The van der Waals surface area contributed by atoms with Gasteiger partial charge in [-0.25, -0.2) is 9.97 Å². The molecule has 4 nitrogen and oxygen atoms in total. The predicted molar refractivity (Wildman–Crippen MR) is 58.8 cm³/mol. The van der Waals surface area contributed by atoms with Crippen molar-refractivity contribution in [3.63, 3.8) is 0 Å². The lowest BCUT2D eigenvalue weighted by atomic mass is 10.3. The number of nitrogens with zero attached hydrogens (tertiary/aromatic N) is 3. The van der Waals surface area contributed by atoms with Crippen LogP contribution in [0.1, 0.15) is 18.4 Å². The number of rotatable bonds is 5. The van der Waals surface area contributed by atoms with Crippen LogP contribution >= 0.6 is 0 Å². The lowest BCUT2D eigenvalue weighted by Crippen LogP contribution is -2.30. The number of anilines is 1. The van der Waals surface area contributed by atoms with Crippen molar-refractivity contribution in [3.8, 4) is 0 Å². The van der Waals surface area contributed by atoms with Crippen LogP contribution in [0.2, 0.25) is 0 Å². The molecule has 1 aliphatic rings. The van der Waals surface area contributed by atoms with Crippen LogP contribution in [0.15, 0.2) is 12.4 Å². The van der Waals surface area contributed by atoms with E-state index in [1.807, 2.05) is 19.3 Å². The van der Waals surface area contributed by atoms with Crippen molar-refractivity contribution in [2.24, 2.45) is 5.92 Å². The van der Waals surface area contributed by atoms with E-state index in [-0.39, 0.29) is 6.61 Å². The monoisotopic (exact) mass is 207 g/mol. The molecular formula is C11H17N3O. The molecule has 1 saturated carbocycles. The largest absolute Gasteiger partial charge is 0.395 e. The fourth-order valence-electron chi connectivity index (χ4n) is 1.55. The third-order valence-electron chi connectivity index (χ3n) is 2.60. The molecular weight excluding hydrogens is 190 g/mol. The van der Waals surface area contributed by atoms with Crippen LogP contribution in [0.5, 0.6) is 0 Å². The minimum atomic E-state index is 0.157. The quantitative estimate of drug-likeness (QED) is 0.782. The molecule has 1 aromatic rings. The third kappa shape index (κ3) is 2.89. The van der Waals surface area contributed by atoms with Gasteiger partial charge in [0.2, 0.25) is 5.95 Å². The summed E-state index contributed by atoms with van der Waals surface area (Å²) in [6.07, 6.45) is 6.24. The van der Waals surface area contributed by atoms with Gasteiger partial charge in [0, 0.05) is 25.5 Å². The van der Waals surface area contributed by atoms with E-state index in [1.54, 1.807) is 0 Å². The smallest absolute Gasteiger partial charge is 0.225 e. The van der Waals surface area contributed by atoms with Crippen LogP contribution in [0.3, 0.4) is 0 Å². The van der Waals surface area contributed by atoms with Gasteiger partial charge < -0.3 is 10.0 Å². The lowest BCUT2D eigenvalue weighted by Gasteiger charge is -2.21. The van der Waals surface area contributed by atoms with E-state index in [2.05, 4.69) is 14.9 Å². The molecule has 2 rings (SSSR count). The lowest BCUT2D eigenvalue weighted by molar-refractivity contribution is 0.300. The second-order valence-electron chi connectivity index (χ2n) is 4.17. The van der Waals surface area contributed by atoms with Crippen LogP contribution in [0.25, 0.3) is 0 Å². The van der Waals surface area contributed by atoms with E-state index in [0.29, 0.717) is 6.54 Å². The highest BCUT2D eigenvalue weighted by Crippen LogP contribution is 2.30. The molecule has 0 atom stereocenters. The first-order valence-corrected chi connectivity index (χ1v) is 5.44. The van der Waals surface area contributed by atoms with E-state index in [1.165, 1.54) is 12.8 Å². The molecule has 0 unspecified atom stereocenters. The summed E-state index contributed by atoms with van der Waals surface area (Å²) in [5.74, 6) is 1.52. The fourth-order valence-corrected chi connectivity index (χ4v) is 1.55. The van der Waals surface area contributed by atoms with E-state index < -0.39 is 0 Å². The average molecular weight is 207 g/mol. The first-order valence-electron chi connectivity index (χ1n) is 5.44. The van der Waals surface area contributed by atoms with Crippen molar-refractivity contribution in [2.45, 2.75) is 19.8 Å². The number of hydrogen-bond acceptors (Lipinski definition) is 4. The van der Waals surface area contributed by atoms with Gasteiger partial charge in [0.15, 0.2) is 0 Å². The van der Waals surface area contributed by atoms with Crippen LogP contribution in [-0.2, 0) is 0 Å². The second-order valence-corrected chi connectivity index (χ2v) is 4.17. The van der Waals surface area contributed by atoms with Crippen LogP contribution in [-0.4, -0.2) is 34.8 Å². The highest BCUT2D eigenvalue weighted by Gasteiger charge is 2.25. The van der Waals surface area contributed by atoms with Gasteiger partial charge in [0.25, 0.3) is 0 Å². The van der Waals surface area contributed by atoms with Crippen molar-refractivity contribution in [2.75, 3.05) is 24.6 Å². The Morgan fingerprint density at radius 3 is 2.60 bits per heavy atom. The summed E-state index contributed by atoms with van der Waals surface area (Å²) in [7, 11) is 0. The van der Waals surface area contributed by atoms with Crippen LogP contribution in [0, 0.1) is 12.8 Å². The maximum absolute atomic E-state index is 8.99. The normalized spacial score (nSPS) is 15.3. The van der Waals surface area contributed by atoms with Gasteiger partial charge in [-0.15, -0.1) is 0 Å². The van der Waals surface area contributed by atoms with Crippen molar-refractivity contribution in [1.82, 2.24) is 9.97 Å². The van der Waals surface area contributed by atoms with Crippen LogP contribution < -0.4 is 4.90 Å². The molecule has 0 radical (unpaired) electrons. The van der Waals surface area contributed by atoms with Crippen molar-refractivity contribution < 1.29 is 5.11 Å². The highest BCUT2D eigenvalue weighted by atomic mass is 16.3. The van der Waals surface area contributed by atoms with Gasteiger partial charge in [-0.1, -0.05) is 0 Å². The summed E-state index contributed by atoms with van der Waals surface area (Å²) in [5, 5.41) is 8.99. The Morgan fingerprint density at radius 2 is 2.07 bits per heavy atom. The number of aromatic nitrogens is 2. The van der Waals surface area contributed by atoms with Gasteiger partial charge in [0.1, 0.15) is 0 Å². The van der Waals surface area contributed by atoms with Crippen molar-refractivity contribution in [1.29, 1.82) is 0 Å². The SMILES string of the molecule is Cc1cnc(N(CCO)CC2CC2)nc1. The van der Waals surface area contributed by atoms with E-state index in [0.717, 1.165) is 24.0 Å². The summed E-state index contributed by atoms with van der Waals surface area (Å²) >= 11 is 0. The zero-order valence-electron chi connectivity index (χ0n) is 9.06. The standard InChI is InChI=1S/C11H17N3O/c1-9-6-12-11(13-7-9)14(4-5-15)8-10-2-3-10/h6-7,10,15H,2-5,8H2,1H3. The molecule has 1 fully saturated rings. The van der Waals surface area contributed by atoms with Gasteiger partial charge in [-0.3, -0.25) is 0 Å². The topological polar surface area (TPSA) is 49.2 Å². The van der Waals surface area contributed by atoms with Gasteiger partial charge in [-0.2, -0.15) is 0 Å². The summed E-state index contributed by atoms with van der Waals surface area (Å²) in [6.45, 7) is 3.73. The molecule has 1 heterocycles. The number of aryl methyl sites for hydroxylation is 1. The Hall–Kier alpha value is -1.16. The zero-order valence-corrected chi connectivity index (χ0v) is 9.06. The second kappa shape index (κ2) is 4.57. The molecule has 82 valence electrons. The molecule has 0 amide bonds. The van der Waals surface area contributed by atoms with E-state index in [9.17, 15) is 0 Å². The van der Waals surface area contributed by atoms with Crippen molar-refractivity contribution in [3.05, 3.63) is 18.0 Å². The molecule has 1 aliphatic carbocycles. The maximum Gasteiger partial charge on any atom is 0.225 e. The minimum Gasteiger partial charge on any atom is -0.395 e. The molecule has 0 aromatic carbocycles. The minimum absolute atomic E-state index is 0.157. The zero-order chi connectivity index (χ0) is 10.7. The molecule has 0 bridgehead atoms. The van der Waals surface area contributed by atoms with Crippen LogP contribution in [0.4, 0.5) is 5.95 Å². The number of aliphatic hydroxyl groups is 1. The first-order chi connectivity index (χ1) is 7.29. The first kappa shape index (κ1) is 10.4. The highest BCUT2D eigenvalue weighted by molar-refractivity contribution is 5.30. The summed E-state index contributed by atoms with van der Waals surface area (Å²) in [4.78, 5) is 10.6. The Bertz CT molecular complexity index is 308. The molecule has 0 aliphatic heterocycles. The van der Waals surface area contributed by atoms with Gasteiger partial charge >= 0.3 is 0 Å². The van der Waals surface area contributed by atoms with Gasteiger partial charge in [0.05, 0.1) is 6.61 Å². The Kier molecular flexibility index (Phi) is 3.16. The number of aliphatic hydroxyl groups excluding tert-OH is 1. The third-order valence-corrected chi connectivity index (χ3v) is 2.60. The molecule has 1 aromatic heterocycles. The number of hydrogen-bond donors (Lipinski definition) is 1. The maximum atomic E-state index is 8.99. The molecule has 0 spiro atoms. The molecule has 1 N–H and O–H groups in total. The summed E-state index contributed by atoms with van der Waals surface area (Å²) in [6, 6.07) is 0. The Balaban J connectivity index is 2.04. The van der Waals surface area contributed by atoms with E-state index in [4.69, 9.17) is 5.11 Å².